The zero-order valence-corrected chi connectivity index (χ0v) is 18.2. The summed E-state index contributed by atoms with van der Waals surface area (Å²) < 4.78 is 5.38. The summed E-state index contributed by atoms with van der Waals surface area (Å²) in [5.74, 6) is 1.98. The Bertz CT molecular complexity index is 707. The van der Waals surface area contributed by atoms with Crippen LogP contribution in [0.1, 0.15) is 16.9 Å². The Kier molecular flexibility index (Phi) is 7.81. The van der Waals surface area contributed by atoms with Gasteiger partial charge in [0.05, 0.1) is 6.26 Å². The number of rotatable bonds is 4. The molecule has 1 aliphatic rings. The molecule has 6 heteroatoms. The first-order chi connectivity index (χ1) is 12.2. The highest BCUT2D eigenvalue weighted by Crippen LogP contribution is 2.22. The fourth-order valence-corrected chi connectivity index (χ4v) is 3.30. The first-order valence-electron chi connectivity index (χ1n) is 8.97. The number of hydrogen-bond donors (Lipinski definition) is 1. The number of aliphatic imine (C=N–C) groups is 1. The second kappa shape index (κ2) is 9.85. The molecule has 0 spiro atoms. The highest BCUT2D eigenvalue weighted by molar-refractivity contribution is 14.0. The molecular weight excluding hydrogens is 439 g/mol. The van der Waals surface area contributed by atoms with Crippen LogP contribution >= 0.6 is 24.0 Å². The van der Waals surface area contributed by atoms with Gasteiger partial charge in [0.1, 0.15) is 5.76 Å². The minimum atomic E-state index is 0. The van der Waals surface area contributed by atoms with Crippen molar-refractivity contribution in [1.29, 1.82) is 0 Å². The van der Waals surface area contributed by atoms with Gasteiger partial charge in [-0.05, 0) is 43.2 Å². The van der Waals surface area contributed by atoms with E-state index < -0.39 is 0 Å². The van der Waals surface area contributed by atoms with Gasteiger partial charge in [0.25, 0.3) is 0 Å². The van der Waals surface area contributed by atoms with Crippen molar-refractivity contribution in [3.05, 3.63) is 53.5 Å². The fraction of sp³-hybridized carbons (Fsp3) is 0.450. The standard InChI is InChI=1S/C20H28N4O.HI/c1-16-6-7-17(2)19(15-16)23-10-12-24(13-11-23)20(21-3)22-9-8-18-5-4-14-25-18;/h4-7,14-15H,8-13H2,1-3H3,(H,21,22);1H. The molecule has 1 aliphatic heterocycles. The van der Waals surface area contributed by atoms with Gasteiger partial charge in [0, 0.05) is 51.9 Å². The normalized spacial score (nSPS) is 15.0. The predicted molar refractivity (Wildman–Crippen MR) is 119 cm³/mol. The Labute approximate surface area is 173 Å². The maximum Gasteiger partial charge on any atom is 0.193 e. The van der Waals surface area contributed by atoms with E-state index in [1.165, 1.54) is 16.8 Å². The van der Waals surface area contributed by atoms with Crippen LogP contribution in [-0.2, 0) is 6.42 Å². The van der Waals surface area contributed by atoms with Crippen LogP contribution in [0.5, 0.6) is 0 Å². The van der Waals surface area contributed by atoms with Crippen LogP contribution in [0.3, 0.4) is 0 Å². The lowest BCUT2D eigenvalue weighted by atomic mass is 10.1. The number of halogens is 1. The lowest BCUT2D eigenvalue weighted by Crippen LogP contribution is -2.53. The van der Waals surface area contributed by atoms with Crippen molar-refractivity contribution in [3.8, 4) is 0 Å². The zero-order chi connectivity index (χ0) is 17.6. The third kappa shape index (κ3) is 5.16. The minimum absolute atomic E-state index is 0. The summed E-state index contributed by atoms with van der Waals surface area (Å²) in [5, 5.41) is 3.45. The third-order valence-electron chi connectivity index (χ3n) is 4.73. The van der Waals surface area contributed by atoms with Crippen LogP contribution in [-0.4, -0.2) is 50.6 Å². The average molecular weight is 468 g/mol. The molecule has 1 fully saturated rings. The Morgan fingerprint density at radius 2 is 1.92 bits per heavy atom. The molecule has 2 aromatic rings. The summed E-state index contributed by atoms with van der Waals surface area (Å²) in [6.07, 6.45) is 2.59. The molecule has 3 rings (SSSR count). The molecular formula is C20H29IN4O. The van der Waals surface area contributed by atoms with E-state index in [4.69, 9.17) is 4.42 Å². The number of hydrogen-bond acceptors (Lipinski definition) is 3. The molecule has 1 aromatic heterocycles. The minimum Gasteiger partial charge on any atom is -0.469 e. The van der Waals surface area contributed by atoms with Crippen molar-refractivity contribution in [3.63, 3.8) is 0 Å². The van der Waals surface area contributed by atoms with Gasteiger partial charge in [0.15, 0.2) is 5.96 Å². The smallest absolute Gasteiger partial charge is 0.193 e. The monoisotopic (exact) mass is 468 g/mol. The van der Waals surface area contributed by atoms with Crippen molar-refractivity contribution in [2.75, 3.05) is 44.7 Å². The van der Waals surface area contributed by atoms with Crippen LogP contribution in [0.15, 0.2) is 46.0 Å². The van der Waals surface area contributed by atoms with E-state index in [2.05, 4.69) is 52.2 Å². The van der Waals surface area contributed by atoms with Crippen LogP contribution in [0, 0.1) is 13.8 Å². The van der Waals surface area contributed by atoms with Gasteiger partial charge in [-0.2, -0.15) is 0 Å². The highest BCUT2D eigenvalue weighted by atomic mass is 127. The van der Waals surface area contributed by atoms with E-state index in [0.717, 1.165) is 50.9 Å². The first kappa shape index (κ1) is 20.6. The number of furan rings is 1. The van der Waals surface area contributed by atoms with E-state index in [-0.39, 0.29) is 24.0 Å². The number of aryl methyl sites for hydroxylation is 2. The molecule has 0 aliphatic carbocycles. The van der Waals surface area contributed by atoms with Crippen LogP contribution in [0.4, 0.5) is 5.69 Å². The molecule has 0 atom stereocenters. The van der Waals surface area contributed by atoms with Crippen molar-refractivity contribution < 1.29 is 4.42 Å². The summed E-state index contributed by atoms with van der Waals surface area (Å²) in [6.45, 7) is 9.17. The number of nitrogens with zero attached hydrogens (tertiary/aromatic N) is 3. The average Bonchev–Trinajstić information content (AvgIpc) is 3.15. The van der Waals surface area contributed by atoms with Crippen molar-refractivity contribution in [1.82, 2.24) is 10.2 Å². The Balaban J connectivity index is 0.00000243. The highest BCUT2D eigenvalue weighted by Gasteiger charge is 2.20. The molecule has 0 saturated carbocycles. The van der Waals surface area contributed by atoms with Gasteiger partial charge in [0.2, 0.25) is 0 Å². The van der Waals surface area contributed by atoms with Crippen LogP contribution < -0.4 is 10.2 Å². The number of anilines is 1. The van der Waals surface area contributed by atoms with E-state index in [9.17, 15) is 0 Å². The third-order valence-corrected chi connectivity index (χ3v) is 4.73. The van der Waals surface area contributed by atoms with Gasteiger partial charge in [-0.25, -0.2) is 0 Å². The summed E-state index contributed by atoms with van der Waals surface area (Å²) in [6, 6.07) is 10.6. The summed E-state index contributed by atoms with van der Waals surface area (Å²) in [4.78, 5) is 9.26. The van der Waals surface area contributed by atoms with Crippen molar-refractivity contribution in [2.24, 2.45) is 4.99 Å². The van der Waals surface area contributed by atoms with E-state index in [1.54, 1.807) is 6.26 Å². The van der Waals surface area contributed by atoms with Gasteiger partial charge in [-0.15, -0.1) is 24.0 Å². The quantitative estimate of drug-likeness (QED) is 0.424. The number of piperazine rings is 1. The lowest BCUT2D eigenvalue weighted by Gasteiger charge is -2.38. The fourth-order valence-electron chi connectivity index (χ4n) is 3.30. The second-order valence-electron chi connectivity index (χ2n) is 6.57. The Morgan fingerprint density at radius 1 is 1.15 bits per heavy atom. The molecule has 0 amide bonds. The molecule has 142 valence electrons. The van der Waals surface area contributed by atoms with Gasteiger partial charge in [-0.1, -0.05) is 12.1 Å². The summed E-state index contributed by atoms with van der Waals surface area (Å²) in [5.41, 5.74) is 4.03. The van der Waals surface area contributed by atoms with Crippen molar-refractivity contribution in [2.45, 2.75) is 20.3 Å². The molecule has 0 radical (unpaired) electrons. The predicted octanol–water partition coefficient (Wildman–Crippen LogP) is 3.45. The van der Waals surface area contributed by atoms with Gasteiger partial charge >= 0.3 is 0 Å². The summed E-state index contributed by atoms with van der Waals surface area (Å²) >= 11 is 0. The largest absolute Gasteiger partial charge is 0.469 e. The molecule has 26 heavy (non-hydrogen) atoms. The molecule has 0 bridgehead atoms. The van der Waals surface area contributed by atoms with Gasteiger partial charge < -0.3 is 19.5 Å². The second-order valence-corrected chi connectivity index (χ2v) is 6.57. The topological polar surface area (TPSA) is 44.0 Å². The maximum atomic E-state index is 5.38. The Hall–Kier alpha value is -1.70. The van der Waals surface area contributed by atoms with Crippen LogP contribution in [0.2, 0.25) is 0 Å². The van der Waals surface area contributed by atoms with E-state index in [0.29, 0.717) is 0 Å². The van der Waals surface area contributed by atoms with E-state index >= 15 is 0 Å². The lowest BCUT2D eigenvalue weighted by molar-refractivity contribution is 0.372. The number of benzene rings is 1. The zero-order valence-electron chi connectivity index (χ0n) is 15.9. The first-order valence-corrected chi connectivity index (χ1v) is 8.97. The maximum absolute atomic E-state index is 5.38. The van der Waals surface area contributed by atoms with E-state index in [1.807, 2.05) is 19.2 Å². The Morgan fingerprint density at radius 3 is 2.58 bits per heavy atom. The van der Waals surface area contributed by atoms with Crippen LogP contribution in [0.25, 0.3) is 0 Å². The number of nitrogens with one attached hydrogen (secondary N) is 1. The van der Waals surface area contributed by atoms with Gasteiger partial charge in [-0.3, -0.25) is 4.99 Å². The molecule has 0 unspecified atom stereocenters. The molecule has 1 aromatic carbocycles. The SMILES string of the molecule is CN=C(NCCc1ccco1)N1CCN(c2cc(C)ccc2C)CC1.I. The molecule has 1 saturated heterocycles. The van der Waals surface area contributed by atoms with Crippen molar-refractivity contribution >= 4 is 35.6 Å². The summed E-state index contributed by atoms with van der Waals surface area (Å²) in [7, 11) is 1.85. The molecule has 5 nitrogen and oxygen atoms in total. The number of guanidine groups is 1. The molecule has 1 N–H and O–H groups in total. The molecule has 2 heterocycles.